The van der Waals surface area contributed by atoms with Crippen LogP contribution in [0.25, 0.3) is 0 Å². The molecule has 0 saturated carbocycles. The van der Waals surface area contributed by atoms with Gasteiger partial charge in [-0.15, -0.1) is 5.10 Å². The number of nitrogens with zero attached hydrogens (tertiary/aromatic N) is 3. The molecule has 0 unspecified atom stereocenters. The molecule has 0 bridgehead atoms. The summed E-state index contributed by atoms with van der Waals surface area (Å²) in [5.74, 6) is -0.252. The Morgan fingerprint density at radius 1 is 1.50 bits per heavy atom. The fourth-order valence-electron chi connectivity index (χ4n) is 0.909. The first-order valence-corrected chi connectivity index (χ1v) is 4.94. The first-order valence-electron chi connectivity index (χ1n) is 4.94. The standard InChI is InChI=1S/C9H15N5O2/c1-6(2)8(16)12-9-11-5-14(13-9)4-7(15)10-3/h5-6H,4H2,1-3H3,(H,10,15)(H,12,13,16). The van der Waals surface area contributed by atoms with E-state index in [1.165, 1.54) is 11.0 Å². The maximum atomic E-state index is 11.3. The van der Waals surface area contributed by atoms with Crippen molar-refractivity contribution < 1.29 is 9.59 Å². The Kier molecular flexibility index (Phi) is 3.98. The van der Waals surface area contributed by atoms with E-state index in [4.69, 9.17) is 0 Å². The van der Waals surface area contributed by atoms with Crippen LogP contribution in [0.5, 0.6) is 0 Å². The Morgan fingerprint density at radius 2 is 2.19 bits per heavy atom. The largest absolute Gasteiger partial charge is 0.358 e. The molecule has 2 N–H and O–H groups in total. The minimum atomic E-state index is -0.174. The second-order valence-electron chi connectivity index (χ2n) is 3.58. The van der Waals surface area contributed by atoms with Crippen molar-refractivity contribution in [2.45, 2.75) is 20.4 Å². The number of anilines is 1. The number of carbonyl (C=O) groups excluding carboxylic acids is 2. The number of likely N-dealkylation sites (N-methyl/N-ethyl adjacent to an activating group) is 1. The van der Waals surface area contributed by atoms with Crippen LogP contribution in [0.3, 0.4) is 0 Å². The topological polar surface area (TPSA) is 88.9 Å². The summed E-state index contributed by atoms with van der Waals surface area (Å²) in [5, 5.41) is 8.94. The zero-order valence-corrected chi connectivity index (χ0v) is 9.52. The highest BCUT2D eigenvalue weighted by molar-refractivity contribution is 5.90. The molecular formula is C9H15N5O2. The number of aromatic nitrogens is 3. The first-order chi connectivity index (χ1) is 7.52. The smallest absolute Gasteiger partial charge is 0.248 e. The Morgan fingerprint density at radius 3 is 2.75 bits per heavy atom. The SMILES string of the molecule is CNC(=O)Cn1cnc(NC(=O)C(C)C)n1. The summed E-state index contributed by atoms with van der Waals surface area (Å²) in [6, 6.07) is 0. The van der Waals surface area contributed by atoms with Crippen LogP contribution in [0.4, 0.5) is 5.95 Å². The van der Waals surface area contributed by atoms with Crippen molar-refractivity contribution in [1.29, 1.82) is 0 Å². The van der Waals surface area contributed by atoms with Gasteiger partial charge in [0.15, 0.2) is 0 Å². The van der Waals surface area contributed by atoms with E-state index < -0.39 is 0 Å². The van der Waals surface area contributed by atoms with E-state index in [2.05, 4.69) is 20.7 Å². The molecule has 1 aromatic heterocycles. The molecule has 88 valence electrons. The summed E-state index contributed by atoms with van der Waals surface area (Å²) in [7, 11) is 1.54. The van der Waals surface area contributed by atoms with Crippen LogP contribution in [-0.4, -0.2) is 33.6 Å². The van der Waals surface area contributed by atoms with Gasteiger partial charge in [-0.25, -0.2) is 9.67 Å². The van der Waals surface area contributed by atoms with E-state index in [0.717, 1.165) is 0 Å². The molecular weight excluding hydrogens is 210 g/mol. The molecule has 0 fully saturated rings. The predicted molar refractivity (Wildman–Crippen MR) is 57.6 cm³/mol. The predicted octanol–water partition coefficient (Wildman–Crippen LogP) is -0.381. The van der Waals surface area contributed by atoms with E-state index in [-0.39, 0.29) is 30.2 Å². The van der Waals surface area contributed by atoms with Gasteiger partial charge in [0.2, 0.25) is 17.8 Å². The molecule has 0 saturated heterocycles. The monoisotopic (exact) mass is 225 g/mol. The van der Waals surface area contributed by atoms with Crippen molar-refractivity contribution in [3.05, 3.63) is 6.33 Å². The Bertz CT molecular complexity index is 385. The first kappa shape index (κ1) is 12.2. The van der Waals surface area contributed by atoms with Gasteiger partial charge in [-0.3, -0.25) is 14.9 Å². The number of amides is 2. The minimum Gasteiger partial charge on any atom is -0.358 e. The molecule has 2 amide bonds. The van der Waals surface area contributed by atoms with Crippen LogP contribution in [0.2, 0.25) is 0 Å². The zero-order chi connectivity index (χ0) is 12.1. The maximum absolute atomic E-state index is 11.3. The van der Waals surface area contributed by atoms with Crippen LogP contribution < -0.4 is 10.6 Å². The lowest BCUT2D eigenvalue weighted by Crippen LogP contribution is -2.24. The van der Waals surface area contributed by atoms with Gasteiger partial charge in [-0.1, -0.05) is 13.8 Å². The third-order valence-electron chi connectivity index (χ3n) is 1.88. The lowest BCUT2D eigenvalue weighted by atomic mass is 10.2. The number of nitrogens with one attached hydrogen (secondary N) is 2. The summed E-state index contributed by atoms with van der Waals surface area (Å²) >= 11 is 0. The van der Waals surface area contributed by atoms with Crippen molar-refractivity contribution in [2.75, 3.05) is 12.4 Å². The lowest BCUT2D eigenvalue weighted by molar-refractivity contribution is -0.121. The highest BCUT2D eigenvalue weighted by Gasteiger charge is 2.10. The highest BCUT2D eigenvalue weighted by Crippen LogP contribution is 2.00. The molecule has 0 aliphatic rings. The normalized spacial score (nSPS) is 10.2. The van der Waals surface area contributed by atoms with E-state index in [1.54, 1.807) is 20.9 Å². The molecule has 0 radical (unpaired) electrons. The maximum Gasteiger partial charge on any atom is 0.248 e. The van der Waals surface area contributed by atoms with Crippen LogP contribution in [0.15, 0.2) is 6.33 Å². The molecule has 16 heavy (non-hydrogen) atoms. The van der Waals surface area contributed by atoms with Gasteiger partial charge >= 0.3 is 0 Å². The third kappa shape index (κ3) is 3.34. The molecule has 0 aliphatic heterocycles. The molecule has 7 nitrogen and oxygen atoms in total. The van der Waals surface area contributed by atoms with Crippen molar-refractivity contribution in [1.82, 2.24) is 20.1 Å². The quantitative estimate of drug-likeness (QED) is 0.731. The number of hydrogen-bond donors (Lipinski definition) is 2. The van der Waals surface area contributed by atoms with E-state index in [0.29, 0.717) is 0 Å². The summed E-state index contributed by atoms with van der Waals surface area (Å²) < 4.78 is 1.36. The molecule has 0 aromatic carbocycles. The van der Waals surface area contributed by atoms with Crippen LogP contribution in [0, 0.1) is 5.92 Å². The van der Waals surface area contributed by atoms with E-state index in [9.17, 15) is 9.59 Å². The van der Waals surface area contributed by atoms with Crippen molar-refractivity contribution in [2.24, 2.45) is 5.92 Å². The van der Waals surface area contributed by atoms with Crippen molar-refractivity contribution >= 4 is 17.8 Å². The number of carbonyl (C=O) groups is 2. The lowest BCUT2D eigenvalue weighted by Gasteiger charge is -2.02. The molecule has 1 heterocycles. The summed E-state index contributed by atoms with van der Waals surface area (Å²) in [5.41, 5.74) is 0. The van der Waals surface area contributed by atoms with Crippen LogP contribution in [-0.2, 0) is 16.1 Å². The average Bonchev–Trinajstić information content (AvgIpc) is 2.65. The van der Waals surface area contributed by atoms with Gasteiger partial charge in [-0.05, 0) is 0 Å². The van der Waals surface area contributed by atoms with Gasteiger partial charge in [0.25, 0.3) is 0 Å². The fraction of sp³-hybridized carbons (Fsp3) is 0.556. The Balaban J connectivity index is 2.58. The Labute approximate surface area is 93.2 Å². The minimum absolute atomic E-state index is 0.0844. The van der Waals surface area contributed by atoms with Crippen LogP contribution >= 0.6 is 0 Å². The Hall–Kier alpha value is -1.92. The average molecular weight is 225 g/mol. The fourth-order valence-corrected chi connectivity index (χ4v) is 0.909. The van der Waals surface area contributed by atoms with Gasteiger partial charge in [-0.2, -0.15) is 0 Å². The van der Waals surface area contributed by atoms with Crippen molar-refractivity contribution in [3.63, 3.8) is 0 Å². The van der Waals surface area contributed by atoms with Crippen LogP contribution in [0.1, 0.15) is 13.8 Å². The van der Waals surface area contributed by atoms with Gasteiger partial charge in [0.05, 0.1) is 0 Å². The second-order valence-corrected chi connectivity index (χ2v) is 3.58. The summed E-state index contributed by atoms with van der Waals surface area (Å²) in [6.07, 6.45) is 1.39. The van der Waals surface area contributed by atoms with Gasteiger partial charge in [0.1, 0.15) is 12.9 Å². The number of hydrogen-bond acceptors (Lipinski definition) is 4. The van der Waals surface area contributed by atoms with Gasteiger partial charge in [0, 0.05) is 13.0 Å². The van der Waals surface area contributed by atoms with E-state index >= 15 is 0 Å². The van der Waals surface area contributed by atoms with Crippen molar-refractivity contribution in [3.8, 4) is 0 Å². The molecule has 1 aromatic rings. The second kappa shape index (κ2) is 5.24. The highest BCUT2D eigenvalue weighted by atomic mass is 16.2. The summed E-state index contributed by atoms with van der Waals surface area (Å²) in [4.78, 5) is 26.2. The molecule has 7 heteroatoms. The number of rotatable bonds is 4. The zero-order valence-electron chi connectivity index (χ0n) is 9.52. The molecule has 1 rings (SSSR count). The third-order valence-corrected chi connectivity index (χ3v) is 1.88. The van der Waals surface area contributed by atoms with Gasteiger partial charge < -0.3 is 5.32 Å². The van der Waals surface area contributed by atoms with E-state index in [1.807, 2.05) is 0 Å². The molecule has 0 aliphatic carbocycles. The summed E-state index contributed by atoms with van der Waals surface area (Å²) in [6.45, 7) is 3.63. The molecule has 0 spiro atoms. The molecule has 0 atom stereocenters.